The minimum absolute atomic E-state index is 0.0833. The lowest BCUT2D eigenvalue weighted by molar-refractivity contribution is -0.142. The Kier molecular flexibility index (Phi) is 2.74. The molecule has 1 heterocycles. The van der Waals surface area contributed by atoms with Crippen LogP contribution in [-0.4, -0.2) is 26.6 Å². The average molecular weight is 238 g/mol. The monoisotopic (exact) mass is 238 g/mol. The molecule has 0 atom stereocenters. The van der Waals surface area contributed by atoms with E-state index in [0.29, 0.717) is 12.8 Å². The van der Waals surface area contributed by atoms with Crippen molar-refractivity contribution in [2.75, 3.05) is 11.1 Å². The fourth-order valence-electron chi connectivity index (χ4n) is 2.11. The number of hydrogen-bond donors (Lipinski definition) is 4. The number of aromatic amines is 1. The van der Waals surface area contributed by atoms with E-state index in [1.165, 1.54) is 6.33 Å². The summed E-state index contributed by atoms with van der Waals surface area (Å²) in [7, 11) is 0. The molecular weight excluding hydrogens is 224 g/mol. The van der Waals surface area contributed by atoms with Crippen LogP contribution in [0, 0.1) is 0 Å². The van der Waals surface area contributed by atoms with Crippen LogP contribution in [0.1, 0.15) is 25.7 Å². The van der Waals surface area contributed by atoms with Crippen LogP contribution in [0.25, 0.3) is 0 Å². The Hall–Kier alpha value is -2.05. The van der Waals surface area contributed by atoms with E-state index in [9.17, 15) is 14.7 Å². The van der Waals surface area contributed by atoms with Gasteiger partial charge in [0.05, 0.1) is 6.33 Å². The number of rotatable bonds is 3. The number of nitrogen functional groups attached to an aromatic ring is 1. The molecule has 1 fully saturated rings. The SMILES string of the molecule is Nc1c(NC2(C(=O)O)CCCC2)nc[nH]c1=O. The molecule has 2 rings (SSSR count). The Balaban J connectivity index is 2.33. The van der Waals surface area contributed by atoms with Crippen molar-refractivity contribution in [3.05, 3.63) is 16.7 Å². The molecule has 5 N–H and O–H groups in total. The minimum atomic E-state index is -1.05. The number of H-pyrrole nitrogens is 1. The van der Waals surface area contributed by atoms with E-state index in [-0.39, 0.29) is 11.5 Å². The highest BCUT2D eigenvalue weighted by atomic mass is 16.4. The van der Waals surface area contributed by atoms with Crippen molar-refractivity contribution in [3.8, 4) is 0 Å². The lowest BCUT2D eigenvalue weighted by atomic mass is 9.98. The Morgan fingerprint density at radius 1 is 1.53 bits per heavy atom. The van der Waals surface area contributed by atoms with Gasteiger partial charge in [0.1, 0.15) is 11.2 Å². The molecule has 92 valence electrons. The quantitative estimate of drug-likeness (QED) is 0.595. The highest BCUT2D eigenvalue weighted by Gasteiger charge is 2.42. The number of carboxylic acids is 1. The number of nitrogens with two attached hydrogens (primary N) is 1. The number of nitrogens with zero attached hydrogens (tertiary/aromatic N) is 1. The minimum Gasteiger partial charge on any atom is -0.480 e. The molecule has 1 aliphatic rings. The first kappa shape index (κ1) is 11.4. The van der Waals surface area contributed by atoms with Crippen molar-refractivity contribution < 1.29 is 9.90 Å². The molecule has 17 heavy (non-hydrogen) atoms. The third-order valence-corrected chi connectivity index (χ3v) is 3.11. The number of hydrogen-bond acceptors (Lipinski definition) is 5. The molecule has 0 spiro atoms. The molecule has 0 unspecified atom stereocenters. The summed E-state index contributed by atoms with van der Waals surface area (Å²) in [5.74, 6) is -0.797. The van der Waals surface area contributed by atoms with Crippen molar-refractivity contribution in [2.45, 2.75) is 31.2 Å². The second-order valence-corrected chi connectivity index (χ2v) is 4.21. The van der Waals surface area contributed by atoms with Gasteiger partial charge in [-0.2, -0.15) is 0 Å². The summed E-state index contributed by atoms with van der Waals surface area (Å²) >= 11 is 0. The topological polar surface area (TPSA) is 121 Å². The molecule has 7 heteroatoms. The van der Waals surface area contributed by atoms with Crippen molar-refractivity contribution in [3.63, 3.8) is 0 Å². The first-order chi connectivity index (χ1) is 8.05. The number of aliphatic carboxylic acids is 1. The van der Waals surface area contributed by atoms with E-state index >= 15 is 0 Å². The maximum atomic E-state index is 11.3. The average Bonchev–Trinajstić information content (AvgIpc) is 2.75. The van der Waals surface area contributed by atoms with Crippen LogP contribution in [0.4, 0.5) is 11.5 Å². The van der Waals surface area contributed by atoms with Crippen LogP contribution in [0.5, 0.6) is 0 Å². The van der Waals surface area contributed by atoms with Gasteiger partial charge in [0.15, 0.2) is 5.82 Å². The molecule has 0 aliphatic heterocycles. The molecule has 0 amide bonds. The van der Waals surface area contributed by atoms with Crippen LogP contribution in [0.3, 0.4) is 0 Å². The molecule has 1 aromatic rings. The van der Waals surface area contributed by atoms with Gasteiger partial charge in [-0.05, 0) is 12.8 Å². The zero-order valence-electron chi connectivity index (χ0n) is 9.19. The van der Waals surface area contributed by atoms with Gasteiger partial charge in [-0.25, -0.2) is 9.78 Å². The summed E-state index contributed by atoms with van der Waals surface area (Å²) in [6, 6.07) is 0. The third-order valence-electron chi connectivity index (χ3n) is 3.11. The maximum Gasteiger partial charge on any atom is 0.329 e. The van der Waals surface area contributed by atoms with Gasteiger partial charge < -0.3 is 21.1 Å². The summed E-state index contributed by atoms with van der Waals surface area (Å²) in [4.78, 5) is 28.8. The van der Waals surface area contributed by atoms with Gasteiger partial charge in [-0.1, -0.05) is 12.8 Å². The van der Waals surface area contributed by atoms with Crippen LogP contribution in [0.2, 0.25) is 0 Å². The summed E-state index contributed by atoms with van der Waals surface area (Å²) < 4.78 is 0. The lowest BCUT2D eigenvalue weighted by Crippen LogP contribution is -2.44. The molecule has 7 nitrogen and oxygen atoms in total. The Morgan fingerprint density at radius 3 is 2.76 bits per heavy atom. The van der Waals surface area contributed by atoms with Gasteiger partial charge >= 0.3 is 5.97 Å². The molecule has 0 radical (unpaired) electrons. The van der Waals surface area contributed by atoms with E-state index in [1.54, 1.807) is 0 Å². The molecule has 1 aliphatic carbocycles. The third kappa shape index (κ3) is 1.95. The number of carbonyl (C=O) groups is 1. The van der Waals surface area contributed by atoms with Gasteiger partial charge in [-0.15, -0.1) is 0 Å². The van der Waals surface area contributed by atoms with Crippen molar-refractivity contribution in [1.29, 1.82) is 0 Å². The Morgan fingerprint density at radius 2 is 2.18 bits per heavy atom. The second-order valence-electron chi connectivity index (χ2n) is 4.21. The molecular formula is C10H14N4O3. The van der Waals surface area contributed by atoms with Crippen molar-refractivity contribution in [2.24, 2.45) is 0 Å². The van der Waals surface area contributed by atoms with E-state index < -0.39 is 17.1 Å². The van der Waals surface area contributed by atoms with Crippen LogP contribution in [-0.2, 0) is 4.79 Å². The normalized spacial score (nSPS) is 17.9. The Bertz CT molecular complexity index is 491. The van der Waals surface area contributed by atoms with E-state index in [1.807, 2.05) is 0 Å². The predicted octanol–water partition coefficient (Wildman–Crippen LogP) is 0.161. The number of carboxylic acid groups (broad SMARTS) is 1. The highest BCUT2D eigenvalue weighted by molar-refractivity contribution is 5.84. The molecule has 0 aromatic carbocycles. The van der Waals surface area contributed by atoms with Crippen molar-refractivity contribution >= 4 is 17.5 Å². The first-order valence-corrected chi connectivity index (χ1v) is 5.40. The maximum absolute atomic E-state index is 11.3. The van der Waals surface area contributed by atoms with Gasteiger partial charge in [-0.3, -0.25) is 4.79 Å². The first-order valence-electron chi connectivity index (χ1n) is 5.40. The second kappa shape index (κ2) is 4.08. The largest absolute Gasteiger partial charge is 0.480 e. The molecule has 0 saturated heterocycles. The van der Waals surface area contributed by atoms with Crippen LogP contribution >= 0.6 is 0 Å². The van der Waals surface area contributed by atoms with Gasteiger partial charge in [0, 0.05) is 0 Å². The van der Waals surface area contributed by atoms with E-state index in [0.717, 1.165) is 12.8 Å². The smallest absolute Gasteiger partial charge is 0.329 e. The van der Waals surface area contributed by atoms with Gasteiger partial charge in [0.2, 0.25) is 0 Å². The molecule has 0 bridgehead atoms. The zero-order chi connectivity index (χ0) is 12.5. The fraction of sp³-hybridized carbons (Fsp3) is 0.500. The predicted molar refractivity (Wildman–Crippen MR) is 61.7 cm³/mol. The zero-order valence-corrected chi connectivity index (χ0v) is 9.19. The standard InChI is InChI=1S/C10H14N4O3/c11-6-7(12-5-13-8(6)15)14-10(9(16)17)3-1-2-4-10/h5H,1-4,11H2,(H,16,17)(H2,12,13,14,15). The highest BCUT2D eigenvalue weighted by Crippen LogP contribution is 2.33. The lowest BCUT2D eigenvalue weighted by Gasteiger charge is -2.26. The number of nitrogens with one attached hydrogen (secondary N) is 2. The summed E-state index contributed by atoms with van der Waals surface area (Å²) in [6.45, 7) is 0. The van der Waals surface area contributed by atoms with Crippen LogP contribution < -0.4 is 16.6 Å². The summed E-state index contributed by atoms with van der Waals surface area (Å²) in [6.07, 6.45) is 3.89. The Labute approximate surface area is 97.1 Å². The fourth-order valence-corrected chi connectivity index (χ4v) is 2.11. The van der Waals surface area contributed by atoms with Gasteiger partial charge in [0.25, 0.3) is 5.56 Å². The van der Waals surface area contributed by atoms with E-state index in [2.05, 4.69) is 15.3 Å². The number of anilines is 2. The summed E-state index contributed by atoms with van der Waals surface area (Å²) in [5, 5.41) is 12.1. The van der Waals surface area contributed by atoms with Crippen LogP contribution in [0.15, 0.2) is 11.1 Å². The molecule has 1 saturated carbocycles. The number of aromatic nitrogens is 2. The van der Waals surface area contributed by atoms with Crippen molar-refractivity contribution in [1.82, 2.24) is 9.97 Å². The van der Waals surface area contributed by atoms with E-state index in [4.69, 9.17) is 5.73 Å². The summed E-state index contributed by atoms with van der Waals surface area (Å²) in [5.41, 5.74) is 3.96. The molecule has 1 aromatic heterocycles.